The Morgan fingerprint density at radius 2 is 2.06 bits per heavy atom. The molecule has 5 heteroatoms. The highest BCUT2D eigenvalue weighted by molar-refractivity contribution is 7.92. The summed E-state index contributed by atoms with van der Waals surface area (Å²) in [5.41, 5.74) is 1.54. The molecule has 1 aromatic carbocycles. The Kier molecular flexibility index (Phi) is 3.93. The Hall–Kier alpha value is -1.07. The first-order valence-electron chi connectivity index (χ1n) is 5.01. The van der Waals surface area contributed by atoms with Gasteiger partial charge in [-0.05, 0) is 17.7 Å². The highest BCUT2D eigenvalue weighted by Crippen LogP contribution is 2.22. The summed E-state index contributed by atoms with van der Waals surface area (Å²) in [6, 6.07) is 7.18. The van der Waals surface area contributed by atoms with Gasteiger partial charge in [-0.2, -0.15) is 0 Å². The topological polar surface area (TPSA) is 57.6 Å². The lowest BCUT2D eigenvalue weighted by molar-refractivity contribution is 0.273. The zero-order valence-electron chi connectivity index (χ0n) is 9.71. The van der Waals surface area contributed by atoms with Crippen molar-refractivity contribution in [2.24, 2.45) is 0 Å². The molecule has 0 aliphatic heterocycles. The fraction of sp³-hybridized carbons (Fsp3) is 0.455. The summed E-state index contributed by atoms with van der Waals surface area (Å²) in [4.78, 5) is 0. The largest absolute Gasteiger partial charge is 0.396 e. The lowest BCUT2D eigenvalue weighted by atomic mass is 10.0. The van der Waals surface area contributed by atoms with Crippen LogP contribution in [0.5, 0.6) is 0 Å². The molecule has 1 N–H and O–H groups in total. The molecule has 0 saturated heterocycles. The van der Waals surface area contributed by atoms with Crippen LogP contribution in [0.3, 0.4) is 0 Å². The summed E-state index contributed by atoms with van der Waals surface area (Å²) < 4.78 is 23.9. The van der Waals surface area contributed by atoms with Gasteiger partial charge in [-0.1, -0.05) is 19.1 Å². The number of aliphatic hydroxyl groups excluding tert-OH is 1. The van der Waals surface area contributed by atoms with E-state index in [9.17, 15) is 8.42 Å². The van der Waals surface area contributed by atoms with Gasteiger partial charge in [0.1, 0.15) is 0 Å². The van der Waals surface area contributed by atoms with Gasteiger partial charge in [0.2, 0.25) is 10.0 Å². The smallest absolute Gasteiger partial charge is 0.231 e. The van der Waals surface area contributed by atoms with E-state index in [1.54, 1.807) is 18.2 Å². The summed E-state index contributed by atoms with van der Waals surface area (Å²) in [6.07, 6.45) is 1.16. The third-order valence-corrected chi connectivity index (χ3v) is 3.78. The second-order valence-corrected chi connectivity index (χ2v) is 5.92. The van der Waals surface area contributed by atoms with Crippen LogP contribution in [0.4, 0.5) is 5.69 Å². The molecule has 16 heavy (non-hydrogen) atoms. The predicted octanol–water partition coefficient (Wildman–Crippen LogP) is 1.18. The fourth-order valence-corrected chi connectivity index (χ4v) is 1.82. The summed E-state index contributed by atoms with van der Waals surface area (Å²) in [6.45, 7) is 1.94. The average Bonchev–Trinajstić information content (AvgIpc) is 2.26. The standard InChI is InChI=1S/C11H17NO3S/c1-9(8-13)10-5-4-6-11(7-10)12(2)16(3,14)15/h4-7,9,13H,8H2,1-3H3. The molecular formula is C11H17NO3S. The van der Waals surface area contributed by atoms with Crippen LogP contribution in [0.25, 0.3) is 0 Å². The second-order valence-electron chi connectivity index (χ2n) is 3.91. The van der Waals surface area contributed by atoms with Gasteiger partial charge in [0.25, 0.3) is 0 Å². The first-order chi connectivity index (χ1) is 7.36. The highest BCUT2D eigenvalue weighted by atomic mass is 32.2. The quantitative estimate of drug-likeness (QED) is 0.864. The van der Waals surface area contributed by atoms with Crippen LogP contribution in [-0.2, 0) is 10.0 Å². The maximum absolute atomic E-state index is 11.4. The lowest BCUT2D eigenvalue weighted by Gasteiger charge is -2.18. The van der Waals surface area contributed by atoms with Crippen molar-refractivity contribution in [2.75, 3.05) is 24.2 Å². The molecule has 1 unspecified atom stereocenters. The van der Waals surface area contributed by atoms with E-state index in [1.165, 1.54) is 11.4 Å². The predicted molar refractivity (Wildman–Crippen MR) is 65.2 cm³/mol. The highest BCUT2D eigenvalue weighted by Gasteiger charge is 2.13. The number of hydrogen-bond donors (Lipinski definition) is 1. The van der Waals surface area contributed by atoms with Crippen molar-refractivity contribution in [3.63, 3.8) is 0 Å². The molecular weight excluding hydrogens is 226 g/mol. The minimum atomic E-state index is -3.23. The molecule has 1 aromatic rings. The Labute approximate surface area is 96.6 Å². The van der Waals surface area contributed by atoms with Crippen LogP contribution >= 0.6 is 0 Å². The van der Waals surface area contributed by atoms with E-state index in [2.05, 4.69) is 0 Å². The van der Waals surface area contributed by atoms with E-state index in [-0.39, 0.29) is 12.5 Å². The minimum Gasteiger partial charge on any atom is -0.396 e. The number of hydrogen-bond acceptors (Lipinski definition) is 3. The van der Waals surface area contributed by atoms with Crippen molar-refractivity contribution < 1.29 is 13.5 Å². The minimum absolute atomic E-state index is 0.00732. The van der Waals surface area contributed by atoms with Crippen LogP contribution in [-0.4, -0.2) is 33.4 Å². The third kappa shape index (κ3) is 2.96. The normalized spacial score (nSPS) is 13.5. The van der Waals surface area contributed by atoms with Crippen LogP contribution in [0.15, 0.2) is 24.3 Å². The molecule has 0 radical (unpaired) electrons. The molecule has 0 spiro atoms. The maximum atomic E-state index is 11.4. The third-order valence-electron chi connectivity index (χ3n) is 2.57. The molecule has 0 amide bonds. The van der Waals surface area contributed by atoms with Crippen LogP contribution in [0, 0.1) is 0 Å². The Morgan fingerprint density at radius 1 is 1.44 bits per heavy atom. The fourth-order valence-electron chi connectivity index (χ4n) is 1.32. The molecule has 90 valence electrons. The first kappa shape index (κ1) is 13.0. The summed E-state index contributed by atoms with van der Waals surface area (Å²) in [7, 11) is -1.72. The number of sulfonamides is 1. The van der Waals surface area contributed by atoms with Crippen molar-refractivity contribution in [1.82, 2.24) is 0 Å². The molecule has 0 aromatic heterocycles. The van der Waals surface area contributed by atoms with Crippen molar-refractivity contribution in [2.45, 2.75) is 12.8 Å². The second kappa shape index (κ2) is 4.84. The van der Waals surface area contributed by atoms with Crippen molar-refractivity contribution in [3.8, 4) is 0 Å². The molecule has 1 rings (SSSR count). The van der Waals surface area contributed by atoms with E-state index in [4.69, 9.17) is 5.11 Å². The van der Waals surface area contributed by atoms with Gasteiger partial charge < -0.3 is 5.11 Å². The molecule has 0 aliphatic carbocycles. The van der Waals surface area contributed by atoms with Gasteiger partial charge in [0, 0.05) is 19.6 Å². The number of benzene rings is 1. The Morgan fingerprint density at radius 3 is 2.56 bits per heavy atom. The summed E-state index contributed by atoms with van der Waals surface area (Å²) in [5, 5.41) is 9.05. The van der Waals surface area contributed by atoms with Crippen molar-refractivity contribution in [1.29, 1.82) is 0 Å². The number of aliphatic hydroxyl groups is 1. The molecule has 0 fully saturated rings. The van der Waals surface area contributed by atoms with Gasteiger partial charge in [0.15, 0.2) is 0 Å². The SMILES string of the molecule is CC(CO)c1cccc(N(C)S(C)(=O)=O)c1. The molecule has 0 aliphatic rings. The van der Waals surface area contributed by atoms with Crippen LogP contribution < -0.4 is 4.31 Å². The van der Waals surface area contributed by atoms with Crippen LogP contribution in [0.2, 0.25) is 0 Å². The van der Waals surface area contributed by atoms with Gasteiger partial charge in [0.05, 0.1) is 11.9 Å². The van der Waals surface area contributed by atoms with Gasteiger partial charge in [-0.3, -0.25) is 4.31 Å². The zero-order valence-corrected chi connectivity index (χ0v) is 10.5. The van der Waals surface area contributed by atoms with Gasteiger partial charge in [-0.25, -0.2) is 8.42 Å². The summed E-state index contributed by atoms with van der Waals surface area (Å²) in [5.74, 6) is 0.00732. The molecule has 0 saturated carbocycles. The van der Waals surface area contributed by atoms with Crippen LogP contribution in [0.1, 0.15) is 18.4 Å². The van der Waals surface area contributed by atoms with E-state index in [0.29, 0.717) is 5.69 Å². The molecule has 0 bridgehead atoms. The first-order valence-corrected chi connectivity index (χ1v) is 6.86. The van der Waals surface area contributed by atoms with E-state index in [0.717, 1.165) is 11.8 Å². The van der Waals surface area contributed by atoms with Gasteiger partial charge in [-0.15, -0.1) is 0 Å². The Balaban J connectivity index is 3.08. The van der Waals surface area contributed by atoms with Gasteiger partial charge >= 0.3 is 0 Å². The number of rotatable bonds is 4. The lowest BCUT2D eigenvalue weighted by Crippen LogP contribution is -2.24. The van der Waals surface area contributed by atoms with E-state index in [1.807, 2.05) is 13.0 Å². The van der Waals surface area contributed by atoms with Crippen molar-refractivity contribution in [3.05, 3.63) is 29.8 Å². The molecule has 4 nitrogen and oxygen atoms in total. The summed E-state index contributed by atoms with van der Waals surface area (Å²) >= 11 is 0. The van der Waals surface area contributed by atoms with E-state index >= 15 is 0 Å². The maximum Gasteiger partial charge on any atom is 0.231 e. The Bertz CT molecular complexity index is 456. The number of anilines is 1. The molecule has 1 atom stereocenters. The van der Waals surface area contributed by atoms with Crippen molar-refractivity contribution >= 4 is 15.7 Å². The average molecular weight is 243 g/mol. The molecule has 0 heterocycles. The van der Waals surface area contributed by atoms with E-state index < -0.39 is 10.0 Å². The number of nitrogens with zero attached hydrogens (tertiary/aromatic N) is 1. The zero-order chi connectivity index (χ0) is 12.3. The monoisotopic (exact) mass is 243 g/mol.